The number of carbonyl (C=O) groups excluding carboxylic acids is 1. The molecule has 0 unspecified atom stereocenters. The summed E-state index contributed by atoms with van der Waals surface area (Å²) < 4.78 is 11.7. The van der Waals surface area contributed by atoms with Crippen LogP contribution >= 0.6 is 23.7 Å². The van der Waals surface area contributed by atoms with Crippen molar-refractivity contribution in [1.29, 1.82) is 0 Å². The summed E-state index contributed by atoms with van der Waals surface area (Å²) in [7, 11) is 7.21. The van der Waals surface area contributed by atoms with E-state index < -0.39 is 0 Å². The van der Waals surface area contributed by atoms with Gasteiger partial charge in [0.15, 0.2) is 5.13 Å². The number of hydrogen-bond acceptors (Lipinski definition) is 8. The lowest BCUT2D eigenvalue weighted by molar-refractivity contribution is 0.0981. The zero-order valence-corrected chi connectivity index (χ0v) is 18.4. The van der Waals surface area contributed by atoms with Crippen LogP contribution in [0.4, 0.5) is 5.13 Å². The first-order chi connectivity index (χ1) is 13.5. The normalized spacial score (nSPS) is 10.7. The van der Waals surface area contributed by atoms with Gasteiger partial charge in [0.2, 0.25) is 0 Å². The minimum Gasteiger partial charge on any atom is -0.495 e. The number of nitrogens with zero attached hydrogens (tertiary/aromatic N) is 5. The molecule has 1 aromatic carbocycles. The molecule has 0 bridgehead atoms. The molecule has 0 fully saturated rings. The van der Waals surface area contributed by atoms with E-state index in [9.17, 15) is 4.79 Å². The van der Waals surface area contributed by atoms with Gasteiger partial charge in [0, 0.05) is 18.9 Å². The lowest BCUT2D eigenvalue weighted by Crippen LogP contribution is -2.34. The highest BCUT2D eigenvalue weighted by molar-refractivity contribution is 7.22. The quantitative estimate of drug-likeness (QED) is 0.535. The molecule has 0 saturated heterocycles. The van der Waals surface area contributed by atoms with Gasteiger partial charge in [-0.3, -0.25) is 14.7 Å². The zero-order chi connectivity index (χ0) is 20.1. The molecule has 0 aliphatic heterocycles. The predicted molar refractivity (Wildman–Crippen MR) is 117 cm³/mol. The van der Waals surface area contributed by atoms with Crippen molar-refractivity contribution in [2.24, 2.45) is 0 Å². The minimum absolute atomic E-state index is 0. The lowest BCUT2D eigenvalue weighted by atomic mass is 10.3. The second-order valence-corrected chi connectivity index (χ2v) is 7.33. The van der Waals surface area contributed by atoms with Gasteiger partial charge in [-0.25, -0.2) is 9.97 Å². The van der Waals surface area contributed by atoms with E-state index in [1.165, 1.54) is 23.7 Å². The number of rotatable bonds is 8. The fourth-order valence-electron chi connectivity index (χ4n) is 2.77. The van der Waals surface area contributed by atoms with Gasteiger partial charge in [-0.05, 0) is 39.2 Å². The summed E-state index contributed by atoms with van der Waals surface area (Å²) in [5.74, 6) is 1.10. The molecule has 0 saturated carbocycles. The molecule has 10 heteroatoms. The van der Waals surface area contributed by atoms with Crippen LogP contribution in [0.2, 0.25) is 0 Å². The van der Waals surface area contributed by atoms with E-state index >= 15 is 0 Å². The van der Waals surface area contributed by atoms with Gasteiger partial charge in [-0.1, -0.05) is 11.3 Å². The number of thiazole rings is 1. The summed E-state index contributed by atoms with van der Waals surface area (Å²) in [6.07, 6.45) is 5.31. The van der Waals surface area contributed by atoms with E-state index in [-0.39, 0.29) is 24.0 Å². The van der Waals surface area contributed by atoms with Crippen LogP contribution < -0.4 is 14.4 Å². The molecule has 3 rings (SSSR count). The van der Waals surface area contributed by atoms with Crippen molar-refractivity contribution in [2.45, 2.75) is 6.42 Å². The van der Waals surface area contributed by atoms with Gasteiger partial charge in [0.25, 0.3) is 5.91 Å². The molecule has 0 N–H and O–H groups in total. The maximum atomic E-state index is 13.1. The van der Waals surface area contributed by atoms with E-state index in [4.69, 9.17) is 14.5 Å². The average Bonchev–Trinajstić information content (AvgIpc) is 3.15. The number of aromatic nitrogens is 3. The number of methoxy groups -OCH3 is 2. The molecule has 8 nitrogen and oxygen atoms in total. The molecule has 29 heavy (non-hydrogen) atoms. The molecule has 0 spiro atoms. The monoisotopic (exact) mass is 437 g/mol. The molecular formula is C19H24ClN5O3S. The van der Waals surface area contributed by atoms with Gasteiger partial charge in [-0.2, -0.15) is 0 Å². The Morgan fingerprint density at radius 3 is 2.45 bits per heavy atom. The Kier molecular flexibility index (Phi) is 8.12. The summed E-state index contributed by atoms with van der Waals surface area (Å²) in [6.45, 7) is 1.36. The third-order valence-corrected chi connectivity index (χ3v) is 5.24. The number of halogens is 1. The molecular weight excluding hydrogens is 414 g/mol. The Balaban J connectivity index is 0.00000300. The largest absolute Gasteiger partial charge is 0.495 e. The van der Waals surface area contributed by atoms with E-state index in [1.807, 2.05) is 26.2 Å². The van der Waals surface area contributed by atoms with Gasteiger partial charge in [0.05, 0.1) is 20.4 Å². The van der Waals surface area contributed by atoms with Crippen molar-refractivity contribution >= 4 is 45.0 Å². The molecule has 1 amide bonds. The molecule has 2 aromatic heterocycles. The van der Waals surface area contributed by atoms with Gasteiger partial charge in [0.1, 0.15) is 27.4 Å². The van der Waals surface area contributed by atoms with Crippen molar-refractivity contribution in [3.63, 3.8) is 0 Å². The van der Waals surface area contributed by atoms with Crippen LogP contribution in [-0.4, -0.2) is 67.2 Å². The number of carbonyl (C=O) groups is 1. The first kappa shape index (κ1) is 22.8. The first-order valence-corrected chi connectivity index (χ1v) is 9.61. The van der Waals surface area contributed by atoms with Crippen LogP contribution in [0.1, 0.15) is 16.9 Å². The fraction of sp³-hybridized carbons (Fsp3) is 0.368. The maximum Gasteiger partial charge on any atom is 0.280 e. The van der Waals surface area contributed by atoms with Gasteiger partial charge in [-0.15, -0.1) is 12.4 Å². The highest BCUT2D eigenvalue weighted by Gasteiger charge is 2.24. The van der Waals surface area contributed by atoms with Crippen molar-refractivity contribution in [2.75, 3.05) is 46.3 Å². The molecule has 0 radical (unpaired) electrons. The number of fused-ring (bicyclic) bond motifs is 1. The molecule has 2 heterocycles. The minimum atomic E-state index is -0.233. The van der Waals surface area contributed by atoms with Gasteiger partial charge < -0.3 is 14.4 Å². The van der Waals surface area contributed by atoms with Crippen LogP contribution in [0.25, 0.3) is 10.2 Å². The number of benzene rings is 1. The molecule has 0 aliphatic carbocycles. The Morgan fingerprint density at radius 2 is 1.83 bits per heavy atom. The van der Waals surface area contributed by atoms with E-state index in [0.717, 1.165) is 17.7 Å². The second kappa shape index (κ2) is 10.3. The summed E-state index contributed by atoms with van der Waals surface area (Å²) in [5, 5.41) is 0.576. The topological polar surface area (TPSA) is 80.7 Å². The molecule has 3 aromatic rings. The fourth-order valence-corrected chi connectivity index (χ4v) is 3.87. The number of amides is 1. The van der Waals surface area contributed by atoms with Crippen LogP contribution in [0.15, 0.2) is 30.7 Å². The summed E-state index contributed by atoms with van der Waals surface area (Å²) >= 11 is 1.40. The van der Waals surface area contributed by atoms with Crippen LogP contribution in [-0.2, 0) is 0 Å². The standard InChI is InChI=1S/C19H23N5O3S.ClH/c1-23(2)10-5-11-24(18(25)13-12-20-8-9-21-13)19-22-16-14(26-3)6-7-15(27-4)17(16)28-19;/h6-9,12H,5,10-11H2,1-4H3;1H. The van der Waals surface area contributed by atoms with Gasteiger partial charge >= 0.3 is 0 Å². The molecule has 156 valence electrons. The average molecular weight is 438 g/mol. The second-order valence-electron chi connectivity index (χ2n) is 6.35. The zero-order valence-electron chi connectivity index (χ0n) is 16.8. The summed E-state index contributed by atoms with van der Waals surface area (Å²) in [5.41, 5.74) is 0.956. The Hall–Kier alpha value is -2.49. The first-order valence-electron chi connectivity index (χ1n) is 8.79. The van der Waals surface area contributed by atoms with E-state index in [0.29, 0.717) is 28.7 Å². The van der Waals surface area contributed by atoms with Crippen LogP contribution in [0.3, 0.4) is 0 Å². The number of anilines is 1. The highest BCUT2D eigenvalue weighted by Crippen LogP contribution is 2.40. The number of ether oxygens (including phenoxy) is 2. The highest BCUT2D eigenvalue weighted by atomic mass is 35.5. The third kappa shape index (κ3) is 5.11. The van der Waals surface area contributed by atoms with Crippen LogP contribution in [0.5, 0.6) is 11.5 Å². The molecule has 0 aliphatic rings. The summed E-state index contributed by atoms with van der Waals surface area (Å²) in [6, 6.07) is 3.65. The molecule has 0 atom stereocenters. The maximum absolute atomic E-state index is 13.1. The van der Waals surface area contributed by atoms with E-state index in [1.54, 1.807) is 25.3 Å². The SMILES string of the molecule is COc1ccc(OC)c2sc(N(CCCN(C)C)C(=O)c3cnccn3)nc12.Cl. The van der Waals surface area contributed by atoms with Crippen molar-refractivity contribution in [3.05, 3.63) is 36.4 Å². The Bertz CT molecular complexity index is 911. The third-order valence-electron chi connectivity index (χ3n) is 4.14. The summed E-state index contributed by atoms with van der Waals surface area (Å²) in [4.78, 5) is 29.7. The lowest BCUT2D eigenvalue weighted by Gasteiger charge is -2.20. The Morgan fingerprint density at radius 1 is 1.10 bits per heavy atom. The van der Waals surface area contributed by atoms with Crippen molar-refractivity contribution in [3.8, 4) is 11.5 Å². The Labute approximate surface area is 179 Å². The smallest absolute Gasteiger partial charge is 0.280 e. The van der Waals surface area contributed by atoms with Crippen molar-refractivity contribution < 1.29 is 14.3 Å². The number of hydrogen-bond donors (Lipinski definition) is 0. The predicted octanol–water partition coefficient (Wildman–Crippen LogP) is 3.12. The van der Waals surface area contributed by atoms with E-state index in [2.05, 4.69) is 14.9 Å². The van der Waals surface area contributed by atoms with Crippen molar-refractivity contribution in [1.82, 2.24) is 19.9 Å². The van der Waals surface area contributed by atoms with Crippen LogP contribution in [0, 0.1) is 0 Å².